The first-order valence-corrected chi connectivity index (χ1v) is 10.6. The number of carbonyl (C=O) groups excluding carboxylic acids is 2. The predicted molar refractivity (Wildman–Crippen MR) is 111 cm³/mol. The van der Waals surface area contributed by atoms with Gasteiger partial charge in [0.2, 0.25) is 11.8 Å². The van der Waals surface area contributed by atoms with Crippen LogP contribution in [0.15, 0.2) is 18.2 Å². The zero-order valence-electron chi connectivity index (χ0n) is 17.6. The van der Waals surface area contributed by atoms with Crippen molar-refractivity contribution >= 4 is 11.8 Å². The Balaban J connectivity index is 1.70. The van der Waals surface area contributed by atoms with Crippen molar-refractivity contribution in [2.45, 2.75) is 51.1 Å². The summed E-state index contributed by atoms with van der Waals surface area (Å²) in [7, 11) is 3.25. The Kier molecular flexibility index (Phi) is 7.75. The summed E-state index contributed by atoms with van der Waals surface area (Å²) in [5.74, 6) is 1.47. The van der Waals surface area contributed by atoms with Crippen LogP contribution >= 0.6 is 0 Å². The van der Waals surface area contributed by atoms with Crippen LogP contribution < -0.4 is 14.8 Å². The lowest BCUT2D eigenvalue weighted by atomic mass is 10.0. The molecule has 7 heteroatoms. The summed E-state index contributed by atoms with van der Waals surface area (Å²) in [6, 6.07) is 5.25. The maximum Gasteiger partial charge on any atom is 0.237 e. The van der Waals surface area contributed by atoms with Gasteiger partial charge in [-0.25, -0.2) is 0 Å². The summed E-state index contributed by atoms with van der Waals surface area (Å²) in [6.07, 6.45) is 5.94. The molecule has 2 amide bonds. The minimum absolute atomic E-state index is 0.0656. The van der Waals surface area contributed by atoms with Crippen molar-refractivity contribution in [3.8, 4) is 11.5 Å². The van der Waals surface area contributed by atoms with Gasteiger partial charge in [-0.15, -0.1) is 0 Å². The van der Waals surface area contributed by atoms with Crippen LogP contribution in [0.2, 0.25) is 0 Å². The fourth-order valence-corrected chi connectivity index (χ4v) is 4.17. The third kappa shape index (κ3) is 5.63. The number of methoxy groups -OCH3 is 2. The smallest absolute Gasteiger partial charge is 0.237 e. The van der Waals surface area contributed by atoms with Crippen molar-refractivity contribution in [3.63, 3.8) is 0 Å². The molecule has 29 heavy (non-hydrogen) atoms. The van der Waals surface area contributed by atoms with Gasteiger partial charge in [0.15, 0.2) is 0 Å². The minimum atomic E-state index is -0.450. The molecule has 0 aromatic heterocycles. The molecule has 1 atom stereocenters. The monoisotopic (exact) mass is 403 g/mol. The minimum Gasteiger partial charge on any atom is -0.497 e. The maximum atomic E-state index is 13.0. The summed E-state index contributed by atoms with van der Waals surface area (Å²) in [4.78, 5) is 29.6. The van der Waals surface area contributed by atoms with E-state index in [0.29, 0.717) is 19.6 Å². The first-order chi connectivity index (χ1) is 14.1. The van der Waals surface area contributed by atoms with E-state index in [9.17, 15) is 9.59 Å². The molecule has 2 aliphatic heterocycles. The molecule has 1 unspecified atom stereocenters. The van der Waals surface area contributed by atoms with Crippen LogP contribution in [0.5, 0.6) is 11.5 Å². The predicted octanol–water partition coefficient (Wildman–Crippen LogP) is 2.19. The van der Waals surface area contributed by atoms with Crippen LogP contribution in [0.1, 0.15) is 44.1 Å². The van der Waals surface area contributed by atoms with Gasteiger partial charge < -0.3 is 19.7 Å². The lowest BCUT2D eigenvalue weighted by molar-refractivity contribution is -0.139. The first-order valence-electron chi connectivity index (χ1n) is 10.6. The number of ether oxygens (including phenoxy) is 2. The Labute approximate surface area is 173 Å². The van der Waals surface area contributed by atoms with Gasteiger partial charge in [-0.3, -0.25) is 14.5 Å². The molecular weight excluding hydrogens is 370 g/mol. The van der Waals surface area contributed by atoms with E-state index in [4.69, 9.17) is 9.47 Å². The molecule has 2 heterocycles. The second-order valence-corrected chi connectivity index (χ2v) is 7.81. The summed E-state index contributed by atoms with van der Waals surface area (Å²) in [5.41, 5.74) is 0.978. The van der Waals surface area contributed by atoms with Crippen molar-refractivity contribution in [1.82, 2.24) is 15.1 Å². The van der Waals surface area contributed by atoms with Crippen molar-refractivity contribution in [2.24, 2.45) is 0 Å². The largest absolute Gasteiger partial charge is 0.497 e. The molecule has 2 aliphatic rings. The molecule has 0 saturated carbocycles. The molecule has 2 fully saturated rings. The molecule has 7 nitrogen and oxygen atoms in total. The Hall–Kier alpha value is -2.28. The standard InChI is InChI=1S/C22H33N3O4/c1-28-18-9-8-17(20(14-18)29-2)16-25-13-10-23-22(27)19(25)15-21(26)24-11-6-4-3-5-7-12-24/h8-9,14,19H,3-7,10-13,15-16H2,1-2H3,(H,23,27). The van der Waals surface area contributed by atoms with Gasteiger partial charge in [0.05, 0.1) is 26.7 Å². The molecular formula is C22H33N3O4. The lowest BCUT2D eigenvalue weighted by Crippen LogP contribution is -2.56. The Morgan fingerprint density at radius 2 is 1.79 bits per heavy atom. The van der Waals surface area contributed by atoms with E-state index >= 15 is 0 Å². The highest BCUT2D eigenvalue weighted by Gasteiger charge is 2.33. The number of amides is 2. The summed E-state index contributed by atoms with van der Waals surface area (Å²) < 4.78 is 10.8. The average molecular weight is 404 g/mol. The van der Waals surface area contributed by atoms with Gasteiger partial charge in [-0.05, 0) is 18.9 Å². The number of hydrogen-bond acceptors (Lipinski definition) is 5. The van der Waals surface area contributed by atoms with Crippen molar-refractivity contribution in [2.75, 3.05) is 40.4 Å². The van der Waals surface area contributed by atoms with E-state index in [1.54, 1.807) is 14.2 Å². The van der Waals surface area contributed by atoms with Gasteiger partial charge in [-0.1, -0.05) is 25.3 Å². The zero-order chi connectivity index (χ0) is 20.6. The number of carbonyl (C=O) groups is 2. The molecule has 1 aromatic carbocycles. The van der Waals surface area contributed by atoms with Crippen LogP contribution in [0.3, 0.4) is 0 Å². The number of rotatable bonds is 6. The van der Waals surface area contributed by atoms with Gasteiger partial charge in [0.25, 0.3) is 0 Å². The highest BCUT2D eigenvalue weighted by molar-refractivity contribution is 5.88. The topological polar surface area (TPSA) is 71.1 Å². The number of nitrogens with zero attached hydrogens (tertiary/aromatic N) is 2. The van der Waals surface area contributed by atoms with E-state index in [-0.39, 0.29) is 18.2 Å². The van der Waals surface area contributed by atoms with Crippen LogP contribution in [0.4, 0.5) is 0 Å². The molecule has 2 saturated heterocycles. The van der Waals surface area contributed by atoms with Gasteiger partial charge in [-0.2, -0.15) is 0 Å². The van der Waals surface area contributed by atoms with Crippen LogP contribution in [0, 0.1) is 0 Å². The third-order valence-corrected chi connectivity index (χ3v) is 5.89. The molecule has 0 spiro atoms. The highest BCUT2D eigenvalue weighted by atomic mass is 16.5. The quantitative estimate of drug-likeness (QED) is 0.788. The average Bonchev–Trinajstić information content (AvgIpc) is 2.70. The van der Waals surface area contributed by atoms with E-state index in [0.717, 1.165) is 43.0 Å². The molecule has 0 bridgehead atoms. The van der Waals surface area contributed by atoms with Gasteiger partial charge in [0.1, 0.15) is 11.5 Å². The Morgan fingerprint density at radius 1 is 1.07 bits per heavy atom. The van der Waals surface area contributed by atoms with Crippen LogP contribution in [-0.4, -0.2) is 68.1 Å². The van der Waals surface area contributed by atoms with E-state index in [1.165, 1.54) is 19.3 Å². The van der Waals surface area contributed by atoms with E-state index in [1.807, 2.05) is 23.1 Å². The number of hydrogen-bond donors (Lipinski definition) is 1. The summed E-state index contributed by atoms with van der Waals surface area (Å²) >= 11 is 0. The molecule has 1 aromatic rings. The number of likely N-dealkylation sites (tertiary alicyclic amines) is 1. The van der Waals surface area contributed by atoms with Crippen molar-refractivity contribution < 1.29 is 19.1 Å². The second-order valence-electron chi connectivity index (χ2n) is 7.81. The second kappa shape index (κ2) is 10.5. The molecule has 160 valence electrons. The third-order valence-electron chi connectivity index (χ3n) is 5.89. The van der Waals surface area contributed by atoms with Crippen molar-refractivity contribution in [3.05, 3.63) is 23.8 Å². The van der Waals surface area contributed by atoms with E-state index in [2.05, 4.69) is 10.2 Å². The molecule has 0 radical (unpaired) electrons. The summed E-state index contributed by atoms with van der Waals surface area (Å²) in [6.45, 7) is 3.46. The van der Waals surface area contributed by atoms with Gasteiger partial charge in [0, 0.05) is 44.4 Å². The Morgan fingerprint density at radius 3 is 2.48 bits per heavy atom. The SMILES string of the molecule is COc1ccc(CN2CCNC(=O)C2CC(=O)N2CCCCCCC2)c(OC)c1. The fraction of sp³-hybridized carbons (Fsp3) is 0.636. The van der Waals surface area contributed by atoms with E-state index < -0.39 is 6.04 Å². The molecule has 3 rings (SSSR count). The molecule has 1 N–H and O–H groups in total. The van der Waals surface area contributed by atoms with Gasteiger partial charge >= 0.3 is 0 Å². The van der Waals surface area contributed by atoms with Crippen molar-refractivity contribution in [1.29, 1.82) is 0 Å². The van der Waals surface area contributed by atoms with Crippen LogP contribution in [-0.2, 0) is 16.1 Å². The number of piperazine rings is 1. The number of nitrogens with one attached hydrogen (secondary N) is 1. The molecule has 0 aliphatic carbocycles. The lowest BCUT2D eigenvalue weighted by Gasteiger charge is -2.36. The first kappa shape index (κ1) is 21.4. The zero-order valence-corrected chi connectivity index (χ0v) is 17.6. The normalized spacial score (nSPS) is 21.1. The highest BCUT2D eigenvalue weighted by Crippen LogP contribution is 2.27. The number of benzene rings is 1. The Bertz CT molecular complexity index is 701. The maximum absolute atomic E-state index is 13.0. The summed E-state index contributed by atoms with van der Waals surface area (Å²) in [5, 5.41) is 2.92. The fourth-order valence-electron chi connectivity index (χ4n) is 4.17. The van der Waals surface area contributed by atoms with Crippen LogP contribution in [0.25, 0.3) is 0 Å².